The number of nitrogens with one attached hydrogen (secondary N) is 1. The highest BCUT2D eigenvalue weighted by molar-refractivity contribution is 8.00. The molecule has 1 heterocycles. The molecule has 3 aromatic rings. The van der Waals surface area contributed by atoms with Crippen LogP contribution in [0.3, 0.4) is 0 Å². The summed E-state index contributed by atoms with van der Waals surface area (Å²) in [6.07, 6.45) is -4.42. The Hall–Kier alpha value is -2.88. The molecular formula is C19H18F3N5OS. The van der Waals surface area contributed by atoms with Gasteiger partial charge in [-0.2, -0.15) is 17.9 Å². The number of hydrogen-bond donors (Lipinski definition) is 1. The average Bonchev–Trinajstić information content (AvgIpc) is 3.09. The third-order valence-electron chi connectivity index (χ3n) is 4.15. The van der Waals surface area contributed by atoms with Crippen molar-refractivity contribution in [2.45, 2.75) is 37.4 Å². The number of thioether (sulfide) groups is 1. The fourth-order valence-corrected chi connectivity index (χ4v) is 3.45. The molecule has 0 aliphatic carbocycles. The number of amides is 1. The van der Waals surface area contributed by atoms with Crippen LogP contribution in [-0.4, -0.2) is 31.4 Å². The number of halogens is 3. The van der Waals surface area contributed by atoms with Gasteiger partial charge in [-0.1, -0.05) is 29.5 Å². The molecule has 0 saturated heterocycles. The molecule has 0 aliphatic heterocycles. The van der Waals surface area contributed by atoms with Crippen molar-refractivity contribution in [2.75, 3.05) is 5.32 Å². The molecule has 0 spiro atoms. The molecule has 29 heavy (non-hydrogen) atoms. The zero-order chi connectivity index (χ0) is 21.2. The van der Waals surface area contributed by atoms with Gasteiger partial charge in [0, 0.05) is 5.69 Å². The highest BCUT2D eigenvalue weighted by Gasteiger charge is 2.30. The van der Waals surface area contributed by atoms with Crippen molar-refractivity contribution in [3.05, 3.63) is 59.2 Å². The lowest BCUT2D eigenvalue weighted by molar-refractivity contribution is -0.137. The first kappa shape index (κ1) is 20.8. The minimum Gasteiger partial charge on any atom is -0.325 e. The van der Waals surface area contributed by atoms with E-state index in [1.54, 1.807) is 11.6 Å². The molecule has 10 heteroatoms. The molecule has 0 saturated carbocycles. The number of carbonyl (C=O) groups excluding carboxylic acids is 1. The molecule has 1 unspecified atom stereocenters. The summed E-state index contributed by atoms with van der Waals surface area (Å²) in [5, 5.41) is 14.1. The number of aryl methyl sites for hydroxylation is 2. The van der Waals surface area contributed by atoms with E-state index >= 15 is 0 Å². The highest BCUT2D eigenvalue weighted by atomic mass is 32.2. The summed E-state index contributed by atoms with van der Waals surface area (Å²) >= 11 is 1.15. The first-order valence-corrected chi connectivity index (χ1v) is 9.54. The molecule has 6 nitrogen and oxygen atoms in total. The fraction of sp³-hybridized carbons (Fsp3) is 0.263. The largest absolute Gasteiger partial charge is 0.416 e. The SMILES string of the molecule is Cc1ccc(-n2nnnc2SC(C)C(=O)Nc2ccc(C(F)(F)F)cc2)c(C)c1. The minimum atomic E-state index is -4.42. The van der Waals surface area contributed by atoms with Crippen molar-refractivity contribution in [1.29, 1.82) is 0 Å². The Morgan fingerprint density at radius 1 is 1.14 bits per heavy atom. The maximum Gasteiger partial charge on any atom is 0.416 e. The summed E-state index contributed by atoms with van der Waals surface area (Å²) in [5.74, 6) is -0.370. The summed E-state index contributed by atoms with van der Waals surface area (Å²) in [4.78, 5) is 12.4. The molecule has 1 N–H and O–H groups in total. The topological polar surface area (TPSA) is 72.7 Å². The zero-order valence-electron chi connectivity index (χ0n) is 15.9. The van der Waals surface area contributed by atoms with Gasteiger partial charge in [0.25, 0.3) is 0 Å². The van der Waals surface area contributed by atoms with Gasteiger partial charge in [-0.3, -0.25) is 4.79 Å². The van der Waals surface area contributed by atoms with Gasteiger partial charge in [0.1, 0.15) is 0 Å². The summed E-state index contributed by atoms with van der Waals surface area (Å²) < 4.78 is 39.5. The predicted molar refractivity (Wildman–Crippen MR) is 104 cm³/mol. The van der Waals surface area contributed by atoms with Gasteiger partial charge >= 0.3 is 6.18 Å². The quantitative estimate of drug-likeness (QED) is 0.618. The van der Waals surface area contributed by atoms with Crippen LogP contribution < -0.4 is 5.32 Å². The van der Waals surface area contributed by atoms with Gasteiger partial charge in [-0.05, 0) is 67.1 Å². The van der Waals surface area contributed by atoms with Crippen LogP contribution in [-0.2, 0) is 11.0 Å². The predicted octanol–water partition coefficient (Wildman–Crippen LogP) is 4.42. The lowest BCUT2D eigenvalue weighted by Gasteiger charge is -2.13. The van der Waals surface area contributed by atoms with Crippen molar-refractivity contribution in [1.82, 2.24) is 20.2 Å². The summed E-state index contributed by atoms with van der Waals surface area (Å²) in [6, 6.07) is 10.1. The summed E-state index contributed by atoms with van der Waals surface area (Å²) in [6.45, 7) is 5.60. The molecule has 2 aromatic carbocycles. The normalized spacial score (nSPS) is 12.6. The first-order valence-electron chi connectivity index (χ1n) is 8.66. The molecule has 0 radical (unpaired) electrons. The number of aromatic nitrogens is 4. The van der Waals surface area contributed by atoms with Gasteiger partial charge in [0.15, 0.2) is 0 Å². The van der Waals surface area contributed by atoms with Crippen LogP contribution in [0.15, 0.2) is 47.6 Å². The van der Waals surface area contributed by atoms with E-state index in [4.69, 9.17) is 0 Å². The second-order valence-corrected chi connectivity index (χ2v) is 7.80. The van der Waals surface area contributed by atoms with Crippen LogP contribution in [0.1, 0.15) is 23.6 Å². The Morgan fingerprint density at radius 2 is 1.83 bits per heavy atom. The lowest BCUT2D eigenvalue weighted by Crippen LogP contribution is -2.23. The smallest absolute Gasteiger partial charge is 0.325 e. The van der Waals surface area contributed by atoms with E-state index < -0.39 is 17.0 Å². The molecule has 0 bridgehead atoms. The number of carbonyl (C=O) groups is 1. The van der Waals surface area contributed by atoms with E-state index in [9.17, 15) is 18.0 Å². The molecule has 3 rings (SSSR count). The Bertz CT molecular complexity index is 1020. The molecule has 1 amide bonds. The van der Waals surface area contributed by atoms with Gasteiger partial charge in [-0.15, -0.1) is 5.10 Å². The van der Waals surface area contributed by atoms with E-state index in [1.165, 1.54) is 12.1 Å². The van der Waals surface area contributed by atoms with E-state index in [0.29, 0.717) is 5.16 Å². The first-order chi connectivity index (χ1) is 13.6. The Labute approximate surface area is 169 Å². The molecule has 1 atom stereocenters. The second-order valence-electron chi connectivity index (χ2n) is 6.49. The summed E-state index contributed by atoms with van der Waals surface area (Å²) in [7, 11) is 0. The van der Waals surface area contributed by atoms with Crippen LogP contribution >= 0.6 is 11.8 Å². The van der Waals surface area contributed by atoms with Gasteiger partial charge in [0.2, 0.25) is 11.1 Å². The molecular weight excluding hydrogens is 403 g/mol. The highest BCUT2D eigenvalue weighted by Crippen LogP contribution is 2.30. The van der Waals surface area contributed by atoms with Crippen molar-refractivity contribution in [3.8, 4) is 5.69 Å². The van der Waals surface area contributed by atoms with Crippen molar-refractivity contribution >= 4 is 23.4 Å². The number of nitrogens with zero attached hydrogens (tertiary/aromatic N) is 4. The maximum absolute atomic E-state index is 12.6. The maximum atomic E-state index is 12.6. The average molecular weight is 421 g/mol. The van der Waals surface area contributed by atoms with E-state index in [-0.39, 0.29) is 11.6 Å². The second kappa shape index (κ2) is 8.24. The fourth-order valence-electron chi connectivity index (χ4n) is 2.64. The zero-order valence-corrected chi connectivity index (χ0v) is 16.7. The molecule has 0 aliphatic rings. The number of tetrazole rings is 1. The Balaban J connectivity index is 1.70. The van der Waals surface area contributed by atoms with Crippen molar-refractivity contribution in [3.63, 3.8) is 0 Å². The van der Waals surface area contributed by atoms with E-state index in [0.717, 1.165) is 40.7 Å². The van der Waals surface area contributed by atoms with E-state index in [2.05, 4.69) is 20.8 Å². The Kier molecular flexibility index (Phi) is 5.92. The van der Waals surface area contributed by atoms with E-state index in [1.807, 2.05) is 32.0 Å². The number of anilines is 1. The standard InChI is InChI=1S/C19H18F3N5OS/c1-11-4-9-16(12(2)10-11)27-18(24-25-26-27)29-13(3)17(28)23-15-7-5-14(6-8-15)19(20,21)22/h4-10,13H,1-3H3,(H,23,28). The van der Waals surface area contributed by atoms with Crippen LogP contribution in [0, 0.1) is 13.8 Å². The number of rotatable bonds is 5. The molecule has 152 valence electrons. The van der Waals surface area contributed by atoms with Crippen LogP contribution in [0.2, 0.25) is 0 Å². The minimum absolute atomic E-state index is 0.282. The number of alkyl halides is 3. The summed E-state index contributed by atoms with van der Waals surface area (Å²) in [5.41, 5.74) is 2.41. The van der Waals surface area contributed by atoms with Gasteiger partial charge in [0.05, 0.1) is 16.5 Å². The van der Waals surface area contributed by atoms with Gasteiger partial charge in [-0.25, -0.2) is 0 Å². The Morgan fingerprint density at radius 3 is 2.45 bits per heavy atom. The number of hydrogen-bond acceptors (Lipinski definition) is 5. The lowest BCUT2D eigenvalue weighted by atomic mass is 10.1. The third-order valence-corrected chi connectivity index (χ3v) is 5.19. The molecule has 1 aromatic heterocycles. The monoisotopic (exact) mass is 421 g/mol. The van der Waals surface area contributed by atoms with Crippen molar-refractivity contribution in [2.24, 2.45) is 0 Å². The van der Waals surface area contributed by atoms with Crippen molar-refractivity contribution < 1.29 is 18.0 Å². The van der Waals surface area contributed by atoms with Gasteiger partial charge < -0.3 is 5.32 Å². The van der Waals surface area contributed by atoms with Crippen LogP contribution in [0.4, 0.5) is 18.9 Å². The van der Waals surface area contributed by atoms with Crippen LogP contribution in [0.25, 0.3) is 5.69 Å². The molecule has 0 fully saturated rings. The third kappa shape index (κ3) is 4.94. The number of benzene rings is 2. The van der Waals surface area contributed by atoms with Crippen LogP contribution in [0.5, 0.6) is 0 Å².